The fraction of sp³-hybridized carbons (Fsp3) is 0.333. The summed E-state index contributed by atoms with van der Waals surface area (Å²) in [6.45, 7) is 1.22. The van der Waals surface area contributed by atoms with Crippen molar-refractivity contribution in [3.8, 4) is 0 Å². The summed E-state index contributed by atoms with van der Waals surface area (Å²) in [5.41, 5.74) is 0.293. The van der Waals surface area contributed by atoms with E-state index in [0.717, 1.165) is 18.7 Å². The van der Waals surface area contributed by atoms with Gasteiger partial charge in [0.15, 0.2) is 11.6 Å². The number of carbonyl (C=O) groups excluding carboxylic acids is 2. The van der Waals surface area contributed by atoms with Crippen LogP contribution in [0.15, 0.2) is 28.7 Å². The van der Waals surface area contributed by atoms with Crippen LogP contribution in [0.25, 0.3) is 0 Å². The van der Waals surface area contributed by atoms with Gasteiger partial charge in [-0.3, -0.25) is 14.2 Å². The molecule has 1 aromatic rings. The second kappa shape index (κ2) is 7.13. The van der Waals surface area contributed by atoms with Crippen molar-refractivity contribution in [2.45, 2.75) is 12.7 Å². The molecule has 0 radical (unpaired) electrons. The lowest BCUT2D eigenvalue weighted by atomic mass is 10.1. The van der Waals surface area contributed by atoms with Gasteiger partial charge in [0.1, 0.15) is 0 Å². The molecule has 1 amide bonds. The molecule has 1 atom stereocenters. The number of carbonyl (C=O) groups is 2. The van der Waals surface area contributed by atoms with Crippen LogP contribution in [0.1, 0.15) is 17.3 Å². The zero-order valence-corrected chi connectivity index (χ0v) is 13.7. The minimum absolute atomic E-state index is 0.293. The monoisotopic (exact) mass is 363 g/mol. The Morgan fingerprint density at radius 1 is 1.20 bits per heavy atom. The molecule has 1 rings (SSSR count). The second-order valence-corrected chi connectivity index (χ2v) is 7.12. The summed E-state index contributed by atoms with van der Waals surface area (Å²) in [6, 6.07) is 6.44. The minimum atomic E-state index is -3.77. The van der Waals surface area contributed by atoms with Crippen molar-refractivity contribution in [1.29, 1.82) is 0 Å². The van der Waals surface area contributed by atoms with Crippen LogP contribution in [0.5, 0.6) is 0 Å². The van der Waals surface area contributed by atoms with Crippen molar-refractivity contribution >= 4 is 35.2 Å². The highest BCUT2D eigenvalue weighted by Crippen LogP contribution is 2.51. The van der Waals surface area contributed by atoms with Gasteiger partial charge in [-0.2, -0.15) is 0 Å². The molecule has 6 nitrogen and oxygen atoms in total. The normalized spacial score (nSPS) is 12.8. The Balaban J connectivity index is 3.17. The molecular formula is C12H15BrNO5P. The highest BCUT2D eigenvalue weighted by Gasteiger charge is 2.40. The van der Waals surface area contributed by atoms with Crippen molar-refractivity contribution in [3.05, 3.63) is 34.3 Å². The number of hydrogen-bond donors (Lipinski definition) is 1. The molecular weight excluding hydrogens is 349 g/mol. The maximum absolute atomic E-state index is 12.4. The van der Waals surface area contributed by atoms with E-state index in [2.05, 4.69) is 21.2 Å². The third kappa shape index (κ3) is 3.99. The van der Waals surface area contributed by atoms with Crippen molar-refractivity contribution in [3.63, 3.8) is 0 Å². The van der Waals surface area contributed by atoms with E-state index in [-0.39, 0.29) is 0 Å². The number of rotatable bonds is 6. The molecule has 0 aliphatic rings. The number of ketones is 1. The molecule has 0 aliphatic heterocycles. The van der Waals surface area contributed by atoms with E-state index < -0.39 is 25.1 Å². The summed E-state index contributed by atoms with van der Waals surface area (Å²) in [5.74, 6) is -2.43. The molecule has 0 heterocycles. The zero-order valence-electron chi connectivity index (χ0n) is 11.3. The standard InChI is InChI=1S/C12H15BrNO5P/c1-8(15)14-12(20(17,18-2)19-3)11(16)9-4-6-10(13)7-5-9/h4-7,12H,1-3H3,(H,14,15). The van der Waals surface area contributed by atoms with Gasteiger partial charge >= 0.3 is 7.60 Å². The third-order valence-corrected chi connectivity index (χ3v) is 5.08. The molecule has 0 fully saturated rings. The SMILES string of the molecule is COP(=O)(OC)C(NC(C)=O)C(=O)c1ccc(Br)cc1. The first-order valence-electron chi connectivity index (χ1n) is 5.62. The molecule has 0 aliphatic carbocycles. The summed E-state index contributed by atoms with van der Waals surface area (Å²) < 4.78 is 22.8. The molecule has 110 valence electrons. The summed E-state index contributed by atoms with van der Waals surface area (Å²) in [7, 11) is -1.45. The molecule has 0 bridgehead atoms. The molecule has 1 unspecified atom stereocenters. The van der Waals surface area contributed by atoms with Crippen LogP contribution in [0, 0.1) is 0 Å². The smallest absolute Gasteiger partial charge is 0.336 e. The van der Waals surface area contributed by atoms with Gasteiger partial charge in [0.05, 0.1) is 0 Å². The number of Topliss-reactive ketones (excluding diaryl/α,β-unsaturated/α-hetero) is 1. The molecule has 0 aromatic heterocycles. The van der Waals surface area contributed by atoms with E-state index in [1.54, 1.807) is 24.3 Å². The van der Waals surface area contributed by atoms with E-state index >= 15 is 0 Å². The predicted octanol–water partition coefficient (Wildman–Crippen LogP) is 2.58. The molecule has 0 saturated heterocycles. The number of benzene rings is 1. The van der Waals surface area contributed by atoms with Crippen LogP contribution in [0.4, 0.5) is 0 Å². The van der Waals surface area contributed by atoms with Crippen LogP contribution in [0.3, 0.4) is 0 Å². The number of amides is 1. The zero-order chi connectivity index (χ0) is 15.3. The van der Waals surface area contributed by atoms with Gasteiger partial charge < -0.3 is 14.4 Å². The van der Waals surface area contributed by atoms with Crippen LogP contribution in [-0.2, 0) is 18.4 Å². The molecule has 8 heteroatoms. The number of hydrogen-bond acceptors (Lipinski definition) is 5. The van der Waals surface area contributed by atoms with Crippen LogP contribution >= 0.6 is 23.5 Å². The Bertz CT molecular complexity index is 537. The van der Waals surface area contributed by atoms with Crippen molar-refractivity contribution in [2.24, 2.45) is 0 Å². The van der Waals surface area contributed by atoms with E-state index in [1.807, 2.05) is 0 Å². The summed E-state index contributed by atoms with van der Waals surface area (Å²) in [6.07, 6.45) is 0. The highest BCUT2D eigenvalue weighted by molar-refractivity contribution is 9.10. The van der Waals surface area contributed by atoms with Gasteiger partial charge in [0.2, 0.25) is 5.91 Å². The maximum Gasteiger partial charge on any atom is 0.360 e. The average molecular weight is 364 g/mol. The number of halogens is 1. The van der Waals surface area contributed by atoms with E-state index in [1.165, 1.54) is 6.92 Å². The Hall–Kier alpha value is -1.01. The molecule has 0 spiro atoms. The Labute approximate surface area is 125 Å². The van der Waals surface area contributed by atoms with Crippen LogP contribution < -0.4 is 5.32 Å². The topological polar surface area (TPSA) is 81.7 Å². The molecule has 0 saturated carbocycles. The second-order valence-electron chi connectivity index (χ2n) is 3.88. The molecule has 20 heavy (non-hydrogen) atoms. The first-order chi connectivity index (χ1) is 9.34. The minimum Gasteiger partial charge on any atom is -0.336 e. The largest absolute Gasteiger partial charge is 0.360 e. The fourth-order valence-electron chi connectivity index (χ4n) is 1.54. The van der Waals surface area contributed by atoms with Crippen molar-refractivity contribution in [1.82, 2.24) is 5.32 Å². The summed E-state index contributed by atoms with van der Waals surface area (Å²) in [4.78, 5) is 23.6. The number of nitrogens with one attached hydrogen (secondary N) is 1. The first kappa shape index (κ1) is 17.0. The lowest BCUT2D eigenvalue weighted by Gasteiger charge is -2.23. The summed E-state index contributed by atoms with van der Waals surface area (Å²) in [5, 5.41) is 2.32. The van der Waals surface area contributed by atoms with Crippen molar-refractivity contribution < 1.29 is 23.2 Å². The Morgan fingerprint density at radius 2 is 1.70 bits per heavy atom. The first-order valence-corrected chi connectivity index (χ1v) is 8.02. The Morgan fingerprint density at radius 3 is 2.10 bits per heavy atom. The average Bonchev–Trinajstić information content (AvgIpc) is 2.44. The van der Waals surface area contributed by atoms with Gasteiger partial charge in [-0.1, -0.05) is 28.1 Å². The van der Waals surface area contributed by atoms with E-state index in [9.17, 15) is 14.2 Å². The maximum atomic E-state index is 12.4. The van der Waals surface area contributed by atoms with Gasteiger partial charge in [0.25, 0.3) is 0 Å². The molecule has 1 N–H and O–H groups in total. The van der Waals surface area contributed by atoms with Crippen molar-refractivity contribution in [2.75, 3.05) is 14.2 Å². The quantitative estimate of drug-likeness (QED) is 0.620. The van der Waals surface area contributed by atoms with Gasteiger partial charge in [-0.15, -0.1) is 0 Å². The summed E-state index contributed by atoms with van der Waals surface area (Å²) >= 11 is 3.25. The third-order valence-electron chi connectivity index (χ3n) is 2.54. The fourth-order valence-corrected chi connectivity index (χ4v) is 3.15. The molecule has 1 aromatic carbocycles. The predicted molar refractivity (Wildman–Crippen MR) is 77.7 cm³/mol. The highest BCUT2D eigenvalue weighted by atomic mass is 79.9. The van der Waals surface area contributed by atoms with Gasteiger partial charge in [-0.05, 0) is 12.1 Å². The van der Waals surface area contributed by atoms with Crippen LogP contribution in [-0.4, -0.2) is 31.7 Å². The lowest BCUT2D eigenvalue weighted by molar-refractivity contribution is -0.119. The van der Waals surface area contributed by atoms with E-state index in [4.69, 9.17) is 9.05 Å². The van der Waals surface area contributed by atoms with Gasteiger partial charge in [-0.25, -0.2) is 0 Å². The van der Waals surface area contributed by atoms with E-state index in [0.29, 0.717) is 5.56 Å². The lowest BCUT2D eigenvalue weighted by Crippen LogP contribution is -2.40. The Kier molecular flexibility index (Phi) is 6.07. The van der Waals surface area contributed by atoms with Crippen LogP contribution in [0.2, 0.25) is 0 Å². The van der Waals surface area contributed by atoms with Gasteiger partial charge in [0, 0.05) is 31.2 Å².